The SMILES string of the molecule is COc1ccc(/C=N/Nc2nc(-c3ccccc3)cc(=O)[nH]2)cc1[N+](=O)[O-]. The maximum absolute atomic E-state index is 11.8. The van der Waals surface area contributed by atoms with Gasteiger partial charge in [0.25, 0.3) is 5.56 Å². The number of anilines is 1. The van der Waals surface area contributed by atoms with Crippen molar-refractivity contribution >= 4 is 17.9 Å². The Hall–Kier alpha value is -4.01. The smallest absolute Gasteiger partial charge is 0.311 e. The molecule has 0 saturated carbocycles. The molecule has 0 aliphatic carbocycles. The summed E-state index contributed by atoms with van der Waals surface area (Å²) in [6, 6.07) is 15.1. The zero-order chi connectivity index (χ0) is 19.2. The van der Waals surface area contributed by atoms with Crippen LogP contribution in [0.15, 0.2) is 64.5 Å². The summed E-state index contributed by atoms with van der Waals surface area (Å²) in [5.41, 5.74) is 3.90. The van der Waals surface area contributed by atoms with Gasteiger partial charge in [-0.25, -0.2) is 10.4 Å². The molecular weight excluding hydrogens is 350 g/mol. The Bertz CT molecular complexity index is 1050. The van der Waals surface area contributed by atoms with Gasteiger partial charge in [-0.3, -0.25) is 19.9 Å². The summed E-state index contributed by atoms with van der Waals surface area (Å²) in [6.07, 6.45) is 1.38. The van der Waals surface area contributed by atoms with E-state index in [1.54, 1.807) is 6.07 Å². The van der Waals surface area contributed by atoms with Crippen LogP contribution in [-0.2, 0) is 0 Å². The summed E-state index contributed by atoms with van der Waals surface area (Å²) >= 11 is 0. The van der Waals surface area contributed by atoms with Gasteiger partial charge in [-0.2, -0.15) is 5.10 Å². The highest BCUT2D eigenvalue weighted by molar-refractivity contribution is 5.82. The zero-order valence-corrected chi connectivity index (χ0v) is 14.2. The average molecular weight is 365 g/mol. The quantitative estimate of drug-likeness (QED) is 0.393. The Morgan fingerprint density at radius 2 is 2.00 bits per heavy atom. The second-order valence-electron chi connectivity index (χ2n) is 5.40. The van der Waals surface area contributed by atoms with E-state index in [-0.39, 0.29) is 22.9 Å². The van der Waals surface area contributed by atoms with Crippen LogP contribution in [0.4, 0.5) is 11.6 Å². The minimum Gasteiger partial charge on any atom is -0.490 e. The van der Waals surface area contributed by atoms with Crippen molar-refractivity contribution in [1.82, 2.24) is 9.97 Å². The first-order valence-corrected chi connectivity index (χ1v) is 7.85. The molecule has 27 heavy (non-hydrogen) atoms. The first-order valence-electron chi connectivity index (χ1n) is 7.85. The monoisotopic (exact) mass is 365 g/mol. The zero-order valence-electron chi connectivity index (χ0n) is 14.2. The maximum atomic E-state index is 11.8. The Balaban J connectivity index is 1.81. The van der Waals surface area contributed by atoms with Crippen LogP contribution in [0.25, 0.3) is 11.3 Å². The molecule has 2 aromatic carbocycles. The maximum Gasteiger partial charge on any atom is 0.311 e. The lowest BCUT2D eigenvalue weighted by Crippen LogP contribution is -2.10. The van der Waals surface area contributed by atoms with E-state index in [4.69, 9.17) is 4.74 Å². The van der Waals surface area contributed by atoms with Crippen LogP contribution in [0.1, 0.15) is 5.56 Å². The van der Waals surface area contributed by atoms with Gasteiger partial charge >= 0.3 is 5.69 Å². The summed E-state index contributed by atoms with van der Waals surface area (Å²) in [7, 11) is 1.36. The van der Waals surface area contributed by atoms with Gasteiger partial charge < -0.3 is 4.74 Å². The Labute approximate surface area is 153 Å². The number of H-pyrrole nitrogens is 1. The second-order valence-corrected chi connectivity index (χ2v) is 5.40. The molecule has 1 heterocycles. The van der Waals surface area contributed by atoms with E-state index in [2.05, 4.69) is 20.5 Å². The number of aromatic amines is 1. The fourth-order valence-corrected chi connectivity index (χ4v) is 2.37. The van der Waals surface area contributed by atoms with Gasteiger partial charge in [0.2, 0.25) is 5.95 Å². The molecule has 0 unspecified atom stereocenters. The lowest BCUT2D eigenvalue weighted by Gasteiger charge is -2.04. The molecule has 0 saturated heterocycles. The van der Waals surface area contributed by atoms with Crippen LogP contribution < -0.4 is 15.7 Å². The van der Waals surface area contributed by atoms with Crippen LogP contribution in [0.5, 0.6) is 5.75 Å². The minimum atomic E-state index is -0.536. The van der Waals surface area contributed by atoms with E-state index in [1.165, 1.54) is 31.5 Å². The van der Waals surface area contributed by atoms with E-state index in [0.29, 0.717) is 11.3 Å². The number of nitro groups is 1. The number of methoxy groups -OCH3 is 1. The highest BCUT2D eigenvalue weighted by Crippen LogP contribution is 2.26. The molecule has 1 aromatic heterocycles. The molecule has 9 heteroatoms. The number of ether oxygens (including phenoxy) is 1. The molecule has 0 radical (unpaired) electrons. The van der Waals surface area contributed by atoms with Gasteiger partial charge in [0.1, 0.15) is 0 Å². The van der Waals surface area contributed by atoms with Crippen molar-refractivity contribution in [2.45, 2.75) is 0 Å². The van der Waals surface area contributed by atoms with E-state index in [0.717, 1.165) is 5.56 Å². The topological polar surface area (TPSA) is 123 Å². The molecule has 0 aliphatic heterocycles. The molecular formula is C18H15N5O4. The number of rotatable bonds is 6. The van der Waals surface area contributed by atoms with Gasteiger partial charge in [0.05, 0.1) is 23.9 Å². The second kappa shape index (κ2) is 7.91. The summed E-state index contributed by atoms with van der Waals surface area (Å²) in [5.74, 6) is 0.312. The van der Waals surface area contributed by atoms with Crippen LogP contribution in [0, 0.1) is 10.1 Å². The van der Waals surface area contributed by atoms with Gasteiger partial charge in [-0.15, -0.1) is 0 Å². The number of aromatic nitrogens is 2. The molecule has 0 atom stereocenters. The predicted octanol–water partition coefficient (Wildman–Crippen LogP) is 2.80. The largest absolute Gasteiger partial charge is 0.490 e. The van der Waals surface area contributed by atoms with Crippen LogP contribution >= 0.6 is 0 Å². The van der Waals surface area contributed by atoms with Crippen LogP contribution in [0.3, 0.4) is 0 Å². The Kier molecular flexibility index (Phi) is 5.22. The third kappa shape index (κ3) is 4.34. The summed E-state index contributed by atoms with van der Waals surface area (Å²) in [4.78, 5) is 29.2. The lowest BCUT2D eigenvalue weighted by molar-refractivity contribution is -0.385. The molecule has 0 spiro atoms. The van der Waals surface area contributed by atoms with Crippen molar-refractivity contribution < 1.29 is 9.66 Å². The number of nitrogens with one attached hydrogen (secondary N) is 2. The third-order valence-corrected chi connectivity index (χ3v) is 3.59. The molecule has 0 aliphatic rings. The fraction of sp³-hybridized carbons (Fsp3) is 0.0556. The number of hydrogen-bond acceptors (Lipinski definition) is 7. The molecule has 3 aromatic rings. The summed E-state index contributed by atoms with van der Waals surface area (Å²) in [6.45, 7) is 0. The van der Waals surface area contributed by atoms with Crippen molar-refractivity contribution in [3.8, 4) is 17.0 Å². The summed E-state index contributed by atoms with van der Waals surface area (Å²) in [5, 5.41) is 15.0. The molecule has 0 amide bonds. The van der Waals surface area contributed by atoms with Crippen LogP contribution in [-0.4, -0.2) is 28.2 Å². The molecule has 9 nitrogen and oxygen atoms in total. The number of nitrogens with zero attached hydrogens (tertiary/aromatic N) is 3. The Morgan fingerprint density at radius 1 is 1.22 bits per heavy atom. The molecule has 0 bridgehead atoms. The van der Waals surface area contributed by atoms with Gasteiger partial charge in [0, 0.05) is 23.3 Å². The van der Waals surface area contributed by atoms with Crippen molar-refractivity contribution in [3.63, 3.8) is 0 Å². The highest BCUT2D eigenvalue weighted by Gasteiger charge is 2.14. The Morgan fingerprint density at radius 3 is 2.70 bits per heavy atom. The van der Waals surface area contributed by atoms with Crippen LogP contribution in [0.2, 0.25) is 0 Å². The van der Waals surface area contributed by atoms with Gasteiger partial charge in [-0.1, -0.05) is 30.3 Å². The number of hydrogen-bond donors (Lipinski definition) is 2. The van der Waals surface area contributed by atoms with Crippen molar-refractivity contribution in [2.75, 3.05) is 12.5 Å². The number of hydrazone groups is 1. The van der Waals surface area contributed by atoms with Crippen molar-refractivity contribution in [1.29, 1.82) is 0 Å². The van der Waals surface area contributed by atoms with E-state index in [9.17, 15) is 14.9 Å². The molecule has 136 valence electrons. The first-order chi connectivity index (χ1) is 13.1. The number of nitro benzene ring substituents is 1. The molecule has 3 rings (SSSR count). The van der Waals surface area contributed by atoms with E-state index in [1.807, 2.05) is 30.3 Å². The molecule has 2 N–H and O–H groups in total. The average Bonchev–Trinajstić information content (AvgIpc) is 2.68. The first kappa shape index (κ1) is 17.8. The van der Waals surface area contributed by atoms with E-state index < -0.39 is 4.92 Å². The summed E-state index contributed by atoms with van der Waals surface area (Å²) < 4.78 is 4.95. The standard InChI is InChI=1S/C18H15N5O4/c1-27-16-8-7-12(9-15(16)23(25)26)11-19-22-18-20-14(10-17(24)21-18)13-5-3-2-4-6-13/h2-11H,1H3,(H2,20,21,22,24)/b19-11+. The highest BCUT2D eigenvalue weighted by atomic mass is 16.6. The minimum absolute atomic E-state index is 0.153. The predicted molar refractivity (Wildman–Crippen MR) is 101 cm³/mol. The fourth-order valence-electron chi connectivity index (χ4n) is 2.37. The van der Waals surface area contributed by atoms with Gasteiger partial charge in [-0.05, 0) is 12.1 Å². The lowest BCUT2D eigenvalue weighted by atomic mass is 10.1. The normalized spacial score (nSPS) is 10.7. The number of benzene rings is 2. The van der Waals surface area contributed by atoms with E-state index >= 15 is 0 Å². The third-order valence-electron chi connectivity index (χ3n) is 3.59. The van der Waals surface area contributed by atoms with Crippen molar-refractivity contribution in [3.05, 3.63) is 80.6 Å². The van der Waals surface area contributed by atoms with Gasteiger partial charge in [0.15, 0.2) is 5.75 Å². The molecule has 0 fully saturated rings. The van der Waals surface area contributed by atoms with Crippen molar-refractivity contribution in [2.24, 2.45) is 5.10 Å².